The van der Waals surface area contributed by atoms with Crippen molar-refractivity contribution in [3.05, 3.63) is 29.8 Å². The summed E-state index contributed by atoms with van der Waals surface area (Å²) in [6, 6.07) is 7.57. The molecule has 1 fully saturated rings. The fourth-order valence-electron chi connectivity index (χ4n) is 4.60. The smallest absolute Gasteiger partial charge is 0.410 e. The van der Waals surface area contributed by atoms with Crippen molar-refractivity contribution in [3.8, 4) is 0 Å². The zero-order valence-corrected chi connectivity index (χ0v) is 18.3. The van der Waals surface area contributed by atoms with E-state index in [1.165, 1.54) is 4.90 Å². The van der Waals surface area contributed by atoms with Crippen LogP contribution in [0.3, 0.4) is 0 Å². The Morgan fingerprint density at radius 3 is 2.63 bits per heavy atom. The number of benzene rings is 1. The van der Waals surface area contributed by atoms with Gasteiger partial charge in [0.15, 0.2) is 0 Å². The van der Waals surface area contributed by atoms with Crippen LogP contribution in [0.2, 0.25) is 0 Å². The number of fused-ring (bicyclic) bond motifs is 3. The first-order valence-electron chi connectivity index (χ1n) is 10.3. The maximum Gasteiger partial charge on any atom is 0.410 e. The Bertz CT molecular complexity index is 827. The van der Waals surface area contributed by atoms with E-state index in [0.29, 0.717) is 13.2 Å². The van der Waals surface area contributed by atoms with Crippen LogP contribution in [0.4, 0.5) is 10.5 Å². The van der Waals surface area contributed by atoms with Crippen LogP contribution in [0.5, 0.6) is 0 Å². The molecule has 3 rings (SSSR count). The van der Waals surface area contributed by atoms with Gasteiger partial charge in [0.05, 0.1) is 19.1 Å². The molecule has 1 saturated heterocycles. The number of carbonyl (C=O) groups excluding carboxylic acids is 3. The fourth-order valence-corrected chi connectivity index (χ4v) is 4.60. The van der Waals surface area contributed by atoms with Gasteiger partial charge in [-0.1, -0.05) is 32.0 Å². The lowest BCUT2D eigenvalue weighted by atomic mass is 9.72. The van der Waals surface area contributed by atoms with Crippen LogP contribution in [0.15, 0.2) is 24.3 Å². The first kappa shape index (κ1) is 22.1. The molecular weight excluding hydrogens is 386 g/mol. The number of ether oxygens (including phenoxy) is 2. The van der Waals surface area contributed by atoms with Gasteiger partial charge in [-0.15, -0.1) is 0 Å². The summed E-state index contributed by atoms with van der Waals surface area (Å²) in [5.41, 5.74) is 0.407. The van der Waals surface area contributed by atoms with E-state index in [4.69, 9.17) is 9.47 Å². The van der Waals surface area contributed by atoms with Crippen molar-refractivity contribution in [2.75, 3.05) is 45.4 Å². The average Bonchev–Trinajstić information content (AvgIpc) is 3.06. The monoisotopic (exact) mass is 417 g/mol. The number of hydrogen-bond acceptors (Lipinski definition) is 5. The number of amides is 3. The molecule has 2 aliphatic rings. The molecule has 8 nitrogen and oxygen atoms in total. The maximum absolute atomic E-state index is 13.8. The number of para-hydroxylation sites is 1. The number of methoxy groups -OCH3 is 1. The Morgan fingerprint density at radius 1 is 1.30 bits per heavy atom. The molecule has 0 unspecified atom stereocenters. The van der Waals surface area contributed by atoms with Crippen LogP contribution in [-0.4, -0.2) is 68.8 Å². The number of hydrogen-bond donors (Lipinski definition) is 1. The van der Waals surface area contributed by atoms with E-state index in [-0.39, 0.29) is 30.9 Å². The van der Waals surface area contributed by atoms with E-state index in [1.54, 1.807) is 26.0 Å². The molecule has 0 radical (unpaired) electrons. The van der Waals surface area contributed by atoms with Crippen molar-refractivity contribution in [2.24, 2.45) is 11.8 Å². The molecule has 0 spiro atoms. The molecular formula is C22H31N3O5. The van der Waals surface area contributed by atoms with Crippen LogP contribution in [0.25, 0.3) is 0 Å². The summed E-state index contributed by atoms with van der Waals surface area (Å²) < 4.78 is 10.7. The predicted octanol–water partition coefficient (Wildman–Crippen LogP) is 1.99. The molecule has 0 aliphatic carbocycles. The molecule has 8 heteroatoms. The summed E-state index contributed by atoms with van der Waals surface area (Å²) in [7, 11) is 3.15. The highest BCUT2D eigenvalue weighted by molar-refractivity contribution is 6.07. The van der Waals surface area contributed by atoms with Gasteiger partial charge in [0.25, 0.3) is 5.91 Å². The highest BCUT2D eigenvalue weighted by Gasteiger charge is 2.63. The molecule has 0 saturated carbocycles. The molecule has 1 aromatic carbocycles. The predicted molar refractivity (Wildman–Crippen MR) is 112 cm³/mol. The maximum atomic E-state index is 13.8. The topological polar surface area (TPSA) is 88.2 Å². The van der Waals surface area contributed by atoms with E-state index >= 15 is 0 Å². The fraction of sp³-hybridized carbons (Fsp3) is 0.591. The lowest BCUT2D eigenvalue weighted by molar-refractivity contribution is -0.129. The minimum Gasteiger partial charge on any atom is -0.449 e. The van der Waals surface area contributed by atoms with Gasteiger partial charge in [0.2, 0.25) is 5.91 Å². The number of nitrogens with one attached hydrogen (secondary N) is 1. The summed E-state index contributed by atoms with van der Waals surface area (Å²) in [5.74, 6) is -1.28. The van der Waals surface area contributed by atoms with Crippen molar-refractivity contribution < 1.29 is 23.9 Å². The van der Waals surface area contributed by atoms with Gasteiger partial charge in [0.1, 0.15) is 5.54 Å². The molecule has 2 aliphatic heterocycles. The van der Waals surface area contributed by atoms with E-state index in [0.717, 1.165) is 11.3 Å². The lowest BCUT2D eigenvalue weighted by Crippen LogP contribution is -2.62. The molecule has 0 aromatic heterocycles. The third-order valence-corrected chi connectivity index (χ3v) is 6.05. The SMILES string of the molecule is CNC(=O)[C@H]1CN(C(=O)OCC(C)C)[C@]2(C)C(=O)N(CCOC)c3ccccc3[C@H]12. The Morgan fingerprint density at radius 2 is 2.00 bits per heavy atom. The second-order valence-corrected chi connectivity index (χ2v) is 8.44. The normalized spacial score (nSPS) is 25.2. The number of carbonyl (C=O) groups is 3. The second kappa shape index (κ2) is 8.63. The zero-order valence-electron chi connectivity index (χ0n) is 18.3. The third kappa shape index (κ3) is 3.53. The molecule has 30 heavy (non-hydrogen) atoms. The van der Waals surface area contributed by atoms with Gasteiger partial charge in [-0.25, -0.2) is 4.79 Å². The summed E-state index contributed by atoms with van der Waals surface area (Å²) in [6.45, 7) is 6.73. The van der Waals surface area contributed by atoms with Crippen LogP contribution in [0.1, 0.15) is 32.3 Å². The third-order valence-electron chi connectivity index (χ3n) is 6.05. The lowest BCUT2D eigenvalue weighted by Gasteiger charge is -2.46. The Balaban J connectivity index is 2.11. The van der Waals surface area contributed by atoms with Crippen molar-refractivity contribution in [1.82, 2.24) is 10.2 Å². The zero-order chi connectivity index (χ0) is 22.1. The molecule has 2 heterocycles. The molecule has 3 atom stereocenters. The summed E-state index contributed by atoms with van der Waals surface area (Å²) >= 11 is 0. The molecule has 1 N–H and O–H groups in total. The largest absolute Gasteiger partial charge is 0.449 e. The summed E-state index contributed by atoms with van der Waals surface area (Å²) in [4.78, 5) is 42.7. The van der Waals surface area contributed by atoms with Gasteiger partial charge in [-0.05, 0) is 24.5 Å². The van der Waals surface area contributed by atoms with Gasteiger partial charge < -0.3 is 19.7 Å². The molecule has 3 amide bonds. The number of anilines is 1. The van der Waals surface area contributed by atoms with Gasteiger partial charge >= 0.3 is 6.09 Å². The first-order chi connectivity index (χ1) is 14.3. The minimum absolute atomic E-state index is 0.121. The number of nitrogens with zero attached hydrogens (tertiary/aromatic N) is 2. The van der Waals surface area contributed by atoms with Crippen molar-refractivity contribution in [3.63, 3.8) is 0 Å². The molecule has 0 bridgehead atoms. The van der Waals surface area contributed by atoms with E-state index in [2.05, 4.69) is 5.32 Å². The minimum atomic E-state index is -1.23. The van der Waals surface area contributed by atoms with Crippen LogP contribution in [0, 0.1) is 11.8 Å². The standard InChI is InChI=1S/C22H31N3O5/c1-14(2)13-30-21(28)25-12-16(19(26)23-4)18-15-8-6-7-9-17(15)24(10-11-29-5)20(27)22(18,25)3/h6-9,14,16,18H,10-13H2,1-5H3,(H,23,26)/t16-,18+,22-/m0/s1. The molecule has 164 valence electrons. The highest BCUT2D eigenvalue weighted by Crippen LogP contribution is 2.53. The Hall–Kier alpha value is -2.61. The van der Waals surface area contributed by atoms with E-state index in [9.17, 15) is 14.4 Å². The molecule has 1 aromatic rings. The number of rotatable bonds is 6. The van der Waals surface area contributed by atoms with Crippen LogP contribution < -0.4 is 10.2 Å². The van der Waals surface area contributed by atoms with Crippen molar-refractivity contribution in [2.45, 2.75) is 32.2 Å². The van der Waals surface area contributed by atoms with E-state index in [1.807, 2.05) is 38.1 Å². The van der Waals surface area contributed by atoms with Crippen LogP contribution in [-0.2, 0) is 19.1 Å². The average molecular weight is 418 g/mol. The van der Waals surface area contributed by atoms with Gasteiger partial charge in [0, 0.05) is 38.9 Å². The van der Waals surface area contributed by atoms with Gasteiger partial charge in [-0.2, -0.15) is 0 Å². The summed E-state index contributed by atoms with van der Waals surface area (Å²) in [5, 5.41) is 2.70. The summed E-state index contributed by atoms with van der Waals surface area (Å²) in [6.07, 6.45) is -0.568. The first-order valence-corrected chi connectivity index (χ1v) is 10.3. The van der Waals surface area contributed by atoms with Crippen LogP contribution >= 0.6 is 0 Å². The Kier molecular flexibility index (Phi) is 6.36. The number of likely N-dealkylation sites (tertiary alicyclic amines) is 1. The van der Waals surface area contributed by atoms with E-state index < -0.39 is 23.5 Å². The van der Waals surface area contributed by atoms with Crippen molar-refractivity contribution in [1.29, 1.82) is 0 Å². The highest BCUT2D eigenvalue weighted by atomic mass is 16.6. The quantitative estimate of drug-likeness (QED) is 0.765. The second-order valence-electron chi connectivity index (χ2n) is 8.44. The van der Waals surface area contributed by atoms with Gasteiger partial charge in [-0.3, -0.25) is 14.5 Å². The Labute approximate surface area is 177 Å². The van der Waals surface area contributed by atoms with Crippen molar-refractivity contribution >= 4 is 23.6 Å².